The van der Waals surface area contributed by atoms with Crippen LogP contribution in [0, 0.1) is 6.92 Å². The number of rotatable bonds is 0. The van der Waals surface area contributed by atoms with Crippen molar-refractivity contribution in [3.05, 3.63) is 29.2 Å². The average molecular weight is 168 g/mol. The molecule has 0 N–H and O–H groups in total. The molecule has 4 heteroatoms. The highest BCUT2D eigenvalue weighted by Gasteiger charge is 2.02. The van der Waals surface area contributed by atoms with Crippen molar-refractivity contribution in [3.8, 4) is 0 Å². The van der Waals surface area contributed by atoms with E-state index in [0.29, 0.717) is 10.7 Å². The molecule has 0 amide bonds. The molecule has 0 aliphatic carbocycles. The lowest BCUT2D eigenvalue weighted by atomic mass is 10.3. The van der Waals surface area contributed by atoms with Gasteiger partial charge in [0, 0.05) is 6.20 Å². The molecule has 0 radical (unpaired) electrons. The molecule has 0 spiro atoms. The third kappa shape index (κ3) is 0.886. The predicted molar refractivity (Wildman–Crippen MR) is 42.7 cm³/mol. The van der Waals surface area contributed by atoms with Crippen LogP contribution in [0.25, 0.3) is 5.65 Å². The van der Waals surface area contributed by atoms with Gasteiger partial charge in [0.15, 0.2) is 5.65 Å². The first-order valence-corrected chi connectivity index (χ1v) is 3.61. The summed E-state index contributed by atoms with van der Waals surface area (Å²) in [5.74, 6) is 0. The summed E-state index contributed by atoms with van der Waals surface area (Å²) in [7, 11) is 0. The highest BCUT2D eigenvalue weighted by atomic mass is 35.5. The lowest BCUT2D eigenvalue weighted by Gasteiger charge is -1.97. The normalized spacial score (nSPS) is 10.7. The van der Waals surface area contributed by atoms with E-state index in [1.165, 1.54) is 0 Å². The molecule has 0 bridgehead atoms. The zero-order valence-electron chi connectivity index (χ0n) is 5.95. The van der Waals surface area contributed by atoms with Crippen molar-refractivity contribution in [2.45, 2.75) is 6.92 Å². The summed E-state index contributed by atoms with van der Waals surface area (Å²) < 4.78 is 1.79. The fourth-order valence-corrected chi connectivity index (χ4v) is 1.15. The molecule has 56 valence electrons. The van der Waals surface area contributed by atoms with Crippen molar-refractivity contribution >= 4 is 17.2 Å². The Bertz CT molecular complexity index is 393. The Balaban J connectivity index is 2.93. The summed E-state index contributed by atoms with van der Waals surface area (Å²) in [4.78, 5) is 0. The molecule has 2 heterocycles. The number of halogens is 1. The lowest BCUT2D eigenvalue weighted by Crippen LogP contribution is -1.85. The van der Waals surface area contributed by atoms with Gasteiger partial charge in [-0.3, -0.25) is 4.40 Å². The molecule has 11 heavy (non-hydrogen) atoms. The number of aryl methyl sites for hydroxylation is 1. The van der Waals surface area contributed by atoms with E-state index in [2.05, 4.69) is 10.2 Å². The summed E-state index contributed by atoms with van der Waals surface area (Å²) in [5, 5.41) is 8.26. The third-order valence-corrected chi connectivity index (χ3v) is 2.07. The highest BCUT2D eigenvalue weighted by Crippen LogP contribution is 2.18. The molecule has 0 saturated heterocycles. The second-order valence-corrected chi connectivity index (χ2v) is 2.75. The minimum atomic E-state index is 0.671. The van der Waals surface area contributed by atoms with Gasteiger partial charge in [-0.25, -0.2) is 0 Å². The monoisotopic (exact) mass is 167 g/mol. The standard InChI is InChI=1S/C7H6ClN3/c1-5-2-3-11-4-9-10-7(11)6(5)8/h2-4H,1H3. The number of hydrogen-bond donors (Lipinski definition) is 0. The fraction of sp³-hybridized carbons (Fsp3) is 0.143. The van der Waals surface area contributed by atoms with Gasteiger partial charge in [0.05, 0.1) is 5.02 Å². The average Bonchev–Trinajstić information content (AvgIpc) is 2.45. The number of hydrogen-bond acceptors (Lipinski definition) is 2. The molecule has 2 aromatic rings. The van der Waals surface area contributed by atoms with Crippen LogP contribution in [-0.2, 0) is 0 Å². The molecule has 0 aliphatic rings. The molecule has 0 saturated carbocycles. The van der Waals surface area contributed by atoms with Gasteiger partial charge in [0.2, 0.25) is 0 Å². The van der Waals surface area contributed by atoms with Gasteiger partial charge in [0.1, 0.15) is 6.33 Å². The molecule has 2 aromatic heterocycles. The second kappa shape index (κ2) is 2.20. The van der Waals surface area contributed by atoms with Crippen molar-refractivity contribution < 1.29 is 0 Å². The minimum absolute atomic E-state index is 0.671. The first-order valence-electron chi connectivity index (χ1n) is 3.23. The van der Waals surface area contributed by atoms with Crippen LogP contribution in [0.3, 0.4) is 0 Å². The topological polar surface area (TPSA) is 30.2 Å². The Morgan fingerprint density at radius 3 is 3.18 bits per heavy atom. The molecule has 3 nitrogen and oxygen atoms in total. The van der Waals surface area contributed by atoms with Crippen LogP contribution in [0.15, 0.2) is 18.6 Å². The summed E-state index contributed by atoms with van der Waals surface area (Å²) in [6.45, 7) is 1.94. The van der Waals surface area contributed by atoms with Gasteiger partial charge >= 0.3 is 0 Å². The molecule has 0 unspecified atom stereocenters. The van der Waals surface area contributed by atoms with Crippen LogP contribution in [0.4, 0.5) is 0 Å². The van der Waals surface area contributed by atoms with E-state index in [-0.39, 0.29) is 0 Å². The maximum Gasteiger partial charge on any atom is 0.179 e. The summed E-state index contributed by atoms with van der Waals surface area (Å²) in [6, 6.07) is 1.93. The zero-order chi connectivity index (χ0) is 7.84. The van der Waals surface area contributed by atoms with Crippen LogP contribution < -0.4 is 0 Å². The lowest BCUT2D eigenvalue weighted by molar-refractivity contribution is 1.10. The van der Waals surface area contributed by atoms with E-state index >= 15 is 0 Å². The first kappa shape index (κ1) is 6.61. The van der Waals surface area contributed by atoms with Gasteiger partial charge < -0.3 is 0 Å². The SMILES string of the molecule is Cc1ccn2cnnc2c1Cl. The number of fused-ring (bicyclic) bond motifs is 1. The number of nitrogens with zero attached hydrogens (tertiary/aromatic N) is 3. The maximum atomic E-state index is 5.94. The van der Waals surface area contributed by atoms with Crippen molar-refractivity contribution in [2.75, 3.05) is 0 Å². The number of aromatic nitrogens is 3. The van der Waals surface area contributed by atoms with Crippen molar-refractivity contribution in [2.24, 2.45) is 0 Å². The van der Waals surface area contributed by atoms with Gasteiger partial charge in [-0.15, -0.1) is 10.2 Å². The Morgan fingerprint density at radius 2 is 2.36 bits per heavy atom. The smallest absolute Gasteiger partial charge is 0.179 e. The first-order chi connectivity index (χ1) is 5.29. The van der Waals surface area contributed by atoms with E-state index in [4.69, 9.17) is 11.6 Å². The van der Waals surface area contributed by atoms with Crippen molar-refractivity contribution in [1.29, 1.82) is 0 Å². The van der Waals surface area contributed by atoms with Gasteiger partial charge in [0.25, 0.3) is 0 Å². The van der Waals surface area contributed by atoms with E-state index < -0.39 is 0 Å². The van der Waals surface area contributed by atoms with E-state index in [1.807, 2.05) is 19.2 Å². The fourth-order valence-electron chi connectivity index (χ4n) is 0.950. The second-order valence-electron chi connectivity index (χ2n) is 2.37. The predicted octanol–water partition coefficient (Wildman–Crippen LogP) is 1.69. The van der Waals surface area contributed by atoms with Gasteiger partial charge in [-0.1, -0.05) is 11.6 Å². The van der Waals surface area contributed by atoms with Crippen LogP contribution in [0.1, 0.15) is 5.56 Å². The van der Waals surface area contributed by atoms with Crippen LogP contribution in [-0.4, -0.2) is 14.6 Å². The molecule has 0 aromatic carbocycles. The van der Waals surface area contributed by atoms with Crippen LogP contribution in [0.5, 0.6) is 0 Å². The molecule has 0 atom stereocenters. The summed E-state index contributed by atoms with van der Waals surface area (Å²) >= 11 is 5.94. The maximum absolute atomic E-state index is 5.94. The Kier molecular flexibility index (Phi) is 1.32. The summed E-state index contributed by atoms with van der Waals surface area (Å²) in [5.41, 5.74) is 1.74. The third-order valence-electron chi connectivity index (χ3n) is 1.60. The largest absolute Gasteiger partial charge is 0.288 e. The molecule has 2 rings (SSSR count). The van der Waals surface area contributed by atoms with Crippen LogP contribution >= 0.6 is 11.6 Å². The molecular formula is C7H6ClN3. The summed E-state index contributed by atoms with van der Waals surface area (Å²) in [6.07, 6.45) is 3.51. The van der Waals surface area contributed by atoms with Crippen molar-refractivity contribution in [1.82, 2.24) is 14.6 Å². The van der Waals surface area contributed by atoms with E-state index in [9.17, 15) is 0 Å². The zero-order valence-corrected chi connectivity index (χ0v) is 6.71. The highest BCUT2D eigenvalue weighted by molar-refractivity contribution is 6.34. The minimum Gasteiger partial charge on any atom is -0.288 e. The van der Waals surface area contributed by atoms with Gasteiger partial charge in [-0.05, 0) is 18.6 Å². The Labute approximate surface area is 68.6 Å². The van der Waals surface area contributed by atoms with E-state index in [1.54, 1.807) is 10.7 Å². The molecule has 0 fully saturated rings. The van der Waals surface area contributed by atoms with Gasteiger partial charge in [-0.2, -0.15) is 0 Å². The quantitative estimate of drug-likeness (QED) is 0.598. The van der Waals surface area contributed by atoms with E-state index in [0.717, 1.165) is 5.56 Å². The molecule has 0 aliphatic heterocycles. The number of pyridine rings is 1. The Morgan fingerprint density at radius 1 is 1.55 bits per heavy atom. The van der Waals surface area contributed by atoms with Crippen molar-refractivity contribution in [3.63, 3.8) is 0 Å². The molecular weight excluding hydrogens is 162 g/mol. The van der Waals surface area contributed by atoms with Crippen LogP contribution in [0.2, 0.25) is 5.02 Å². The Hall–Kier alpha value is -1.09.